The van der Waals surface area contributed by atoms with E-state index in [1.54, 1.807) is 7.11 Å². The molecule has 0 bridgehead atoms. The van der Waals surface area contributed by atoms with Crippen LogP contribution in [0.15, 0.2) is 4.79 Å². The van der Waals surface area contributed by atoms with Gasteiger partial charge in [-0.15, -0.1) is 5.10 Å². The number of aromatic amines is 2. The van der Waals surface area contributed by atoms with E-state index in [4.69, 9.17) is 14.6 Å². The van der Waals surface area contributed by atoms with Crippen LogP contribution in [0.3, 0.4) is 0 Å². The summed E-state index contributed by atoms with van der Waals surface area (Å²) in [5, 5.41) is 18.4. The molecular weight excluding hydrogens is 396 g/mol. The minimum absolute atomic E-state index is 0.0131. The minimum Gasteiger partial charge on any atom is -0.483 e. The van der Waals surface area contributed by atoms with Gasteiger partial charge < -0.3 is 20.5 Å². The van der Waals surface area contributed by atoms with Crippen LogP contribution in [0, 0.1) is 5.92 Å². The van der Waals surface area contributed by atoms with E-state index >= 15 is 0 Å². The fourth-order valence-electron chi connectivity index (χ4n) is 3.60. The Hall–Kier alpha value is -2.73. The maximum Gasteiger partial charge on any atom is 0.341 e. The molecule has 5 N–H and O–H groups in total. The number of rotatable bonds is 10. The molecule has 1 aliphatic heterocycles. The van der Waals surface area contributed by atoms with Gasteiger partial charge in [0.1, 0.15) is 0 Å². The molecule has 2 atom stereocenters. The molecule has 2 heterocycles. The number of amides is 2. The first kappa shape index (κ1) is 23.5. The van der Waals surface area contributed by atoms with Crippen LogP contribution in [0.4, 0.5) is 0 Å². The van der Waals surface area contributed by atoms with Crippen molar-refractivity contribution in [3.05, 3.63) is 16.3 Å². The smallest absolute Gasteiger partial charge is 0.341 e. The quantitative estimate of drug-likeness (QED) is 0.232. The van der Waals surface area contributed by atoms with Gasteiger partial charge in [0.2, 0.25) is 11.7 Å². The minimum atomic E-state index is -0.504. The second-order valence-corrected chi connectivity index (χ2v) is 7.41. The number of H-pyrrole nitrogens is 2. The zero-order valence-corrected chi connectivity index (χ0v) is 17.1. The predicted molar refractivity (Wildman–Crippen MR) is 106 cm³/mol. The SMILES string of the molecule is COCCNC(=O)C[C@H]1CC[C@@H](CNC(=O)c2n[nH]c(=O)[nH]2)N1CC1CC1.O=CO. The highest BCUT2D eigenvalue weighted by Gasteiger charge is 2.38. The summed E-state index contributed by atoms with van der Waals surface area (Å²) in [7, 11) is 1.61. The number of nitrogens with one attached hydrogen (secondary N) is 4. The fourth-order valence-corrected chi connectivity index (χ4v) is 3.60. The lowest BCUT2D eigenvalue weighted by atomic mass is 10.1. The molecule has 0 spiro atoms. The number of methoxy groups -OCH3 is 1. The van der Waals surface area contributed by atoms with Crippen molar-refractivity contribution in [2.45, 2.75) is 44.2 Å². The lowest BCUT2D eigenvalue weighted by Crippen LogP contribution is -2.45. The van der Waals surface area contributed by atoms with E-state index in [1.807, 2.05) is 0 Å². The third kappa shape index (κ3) is 7.59. The van der Waals surface area contributed by atoms with Crippen LogP contribution in [0.1, 0.15) is 42.7 Å². The zero-order valence-electron chi connectivity index (χ0n) is 17.1. The average molecular weight is 426 g/mol. The van der Waals surface area contributed by atoms with Crippen LogP contribution < -0.4 is 16.3 Å². The lowest BCUT2D eigenvalue weighted by Gasteiger charge is -2.30. The number of carboxylic acid groups (broad SMARTS) is 1. The predicted octanol–water partition coefficient (Wildman–Crippen LogP) is -1.08. The number of nitrogens with zero attached hydrogens (tertiary/aromatic N) is 2. The number of likely N-dealkylation sites (tertiary alicyclic amines) is 1. The van der Waals surface area contributed by atoms with Crippen LogP contribution in [0.25, 0.3) is 0 Å². The number of hydrogen-bond acceptors (Lipinski definition) is 7. The Morgan fingerprint density at radius 1 is 1.27 bits per heavy atom. The first-order valence-electron chi connectivity index (χ1n) is 10.0. The van der Waals surface area contributed by atoms with Gasteiger partial charge in [-0.3, -0.25) is 24.3 Å². The Labute approximate surface area is 173 Å². The monoisotopic (exact) mass is 426 g/mol. The Morgan fingerprint density at radius 2 is 1.97 bits per heavy atom. The van der Waals surface area contributed by atoms with Crippen molar-refractivity contribution >= 4 is 18.3 Å². The third-order valence-electron chi connectivity index (χ3n) is 5.20. The van der Waals surface area contributed by atoms with Gasteiger partial charge in [-0.05, 0) is 31.6 Å². The summed E-state index contributed by atoms with van der Waals surface area (Å²) in [5.41, 5.74) is -0.504. The second kappa shape index (κ2) is 12.1. The Balaban J connectivity index is 0.00000101. The second-order valence-electron chi connectivity index (χ2n) is 7.41. The Morgan fingerprint density at radius 3 is 2.57 bits per heavy atom. The first-order valence-corrected chi connectivity index (χ1v) is 10.0. The van der Waals surface area contributed by atoms with Gasteiger partial charge in [0.25, 0.3) is 12.4 Å². The fraction of sp³-hybridized carbons (Fsp3) is 0.722. The van der Waals surface area contributed by atoms with Gasteiger partial charge in [0, 0.05) is 45.2 Å². The van der Waals surface area contributed by atoms with E-state index in [-0.39, 0.29) is 30.3 Å². The van der Waals surface area contributed by atoms with Crippen molar-refractivity contribution < 1.29 is 24.2 Å². The molecule has 1 aromatic heterocycles. The third-order valence-corrected chi connectivity index (χ3v) is 5.20. The Bertz CT molecular complexity index is 746. The van der Waals surface area contributed by atoms with Crippen LogP contribution >= 0.6 is 0 Å². The van der Waals surface area contributed by atoms with Gasteiger partial charge >= 0.3 is 5.69 Å². The molecule has 12 heteroatoms. The van der Waals surface area contributed by atoms with Gasteiger partial charge in [0.15, 0.2) is 0 Å². The molecular formula is C18H30N6O6. The van der Waals surface area contributed by atoms with E-state index in [1.165, 1.54) is 12.8 Å². The number of ether oxygens (including phenoxy) is 1. The summed E-state index contributed by atoms with van der Waals surface area (Å²) in [5.74, 6) is 0.320. The highest BCUT2D eigenvalue weighted by atomic mass is 16.5. The molecule has 1 aliphatic carbocycles. The summed E-state index contributed by atoms with van der Waals surface area (Å²) in [6.07, 6.45) is 4.80. The summed E-state index contributed by atoms with van der Waals surface area (Å²) in [4.78, 5) is 48.4. The largest absolute Gasteiger partial charge is 0.483 e. The molecule has 1 saturated heterocycles. The molecule has 3 rings (SSSR count). The highest BCUT2D eigenvalue weighted by molar-refractivity contribution is 5.90. The maximum absolute atomic E-state index is 12.2. The summed E-state index contributed by atoms with van der Waals surface area (Å²) in [6.45, 7) is 2.22. The van der Waals surface area contributed by atoms with E-state index in [0.29, 0.717) is 32.0 Å². The number of carbonyl (C=O) groups excluding carboxylic acids is 2. The van der Waals surface area contributed by atoms with Gasteiger partial charge in [-0.25, -0.2) is 9.89 Å². The summed E-state index contributed by atoms with van der Waals surface area (Å²) < 4.78 is 4.96. The zero-order chi connectivity index (χ0) is 21.9. The highest BCUT2D eigenvalue weighted by Crippen LogP contribution is 2.35. The number of carbonyl (C=O) groups is 3. The molecule has 168 valence electrons. The van der Waals surface area contributed by atoms with Crippen molar-refractivity contribution in [1.82, 2.24) is 30.7 Å². The maximum atomic E-state index is 12.2. The average Bonchev–Trinajstić information content (AvgIpc) is 3.31. The molecule has 0 aromatic carbocycles. The van der Waals surface area contributed by atoms with Gasteiger partial charge in [-0.2, -0.15) is 0 Å². The van der Waals surface area contributed by atoms with Gasteiger partial charge in [-0.1, -0.05) is 0 Å². The molecule has 1 saturated carbocycles. The lowest BCUT2D eigenvalue weighted by molar-refractivity contribution is -0.123. The summed E-state index contributed by atoms with van der Waals surface area (Å²) >= 11 is 0. The molecule has 2 amide bonds. The number of aromatic nitrogens is 3. The first-order chi connectivity index (χ1) is 14.5. The van der Waals surface area contributed by atoms with Crippen molar-refractivity contribution in [2.24, 2.45) is 5.92 Å². The van der Waals surface area contributed by atoms with E-state index < -0.39 is 11.6 Å². The Kier molecular flexibility index (Phi) is 9.48. The number of hydrogen-bond donors (Lipinski definition) is 5. The van der Waals surface area contributed by atoms with Crippen LogP contribution in [0.2, 0.25) is 0 Å². The van der Waals surface area contributed by atoms with E-state index in [0.717, 1.165) is 19.4 Å². The van der Waals surface area contributed by atoms with E-state index in [2.05, 4.69) is 30.7 Å². The molecule has 12 nitrogen and oxygen atoms in total. The molecule has 2 fully saturated rings. The van der Waals surface area contributed by atoms with Crippen molar-refractivity contribution in [2.75, 3.05) is 33.4 Å². The van der Waals surface area contributed by atoms with Crippen LogP contribution in [-0.4, -0.2) is 88.9 Å². The molecule has 0 unspecified atom stereocenters. The normalized spacial score (nSPS) is 20.8. The van der Waals surface area contributed by atoms with Crippen molar-refractivity contribution in [3.8, 4) is 0 Å². The molecule has 2 aliphatic rings. The van der Waals surface area contributed by atoms with Crippen molar-refractivity contribution in [3.63, 3.8) is 0 Å². The summed E-state index contributed by atoms with van der Waals surface area (Å²) in [6, 6.07) is 0.386. The molecule has 1 aromatic rings. The van der Waals surface area contributed by atoms with Crippen LogP contribution in [0.5, 0.6) is 0 Å². The van der Waals surface area contributed by atoms with Crippen LogP contribution in [-0.2, 0) is 14.3 Å². The standard InChI is InChI=1S/C17H28N6O4.CH2O2/c1-27-7-6-18-14(24)8-12-4-5-13(23(12)10-11-2-3-11)9-19-16(25)15-20-17(26)22-21-15;2-1-3/h11-13H,2-10H2,1H3,(H,18,24)(H,19,25)(H2,20,21,22,26);1H,(H,2,3)/t12-,13+;/m1./s1. The van der Waals surface area contributed by atoms with Crippen molar-refractivity contribution in [1.29, 1.82) is 0 Å². The van der Waals surface area contributed by atoms with Gasteiger partial charge in [0.05, 0.1) is 6.61 Å². The molecule has 0 radical (unpaired) electrons. The molecule has 30 heavy (non-hydrogen) atoms. The van der Waals surface area contributed by atoms with E-state index in [9.17, 15) is 14.4 Å². The topological polar surface area (TPSA) is 170 Å².